The van der Waals surface area contributed by atoms with Gasteiger partial charge in [-0.25, -0.2) is 0 Å². The van der Waals surface area contributed by atoms with Gasteiger partial charge in [0.1, 0.15) is 31.0 Å². The van der Waals surface area contributed by atoms with Gasteiger partial charge in [-0.2, -0.15) is 0 Å². The Labute approximate surface area is 152 Å². The fourth-order valence-electron chi connectivity index (χ4n) is 2.55. The van der Waals surface area contributed by atoms with Crippen LogP contribution >= 0.6 is 0 Å². The number of esters is 1. The first-order valence-corrected chi connectivity index (χ1v) is 8.64. The van der Waals surface area contributed by atoms with Gasteiger partial charge in [0.25, 0.3) is 0 Å². The molecule has 1 aliphatic heterocycles. The first kappa shape index (κ1) is 23.2. The van der Waals surface area contributed by atoms with Crippen LogP contribution in [-0.4, -0.2) is 112 Å². The standard InChI is InChI=1S/C16H30O10/c1-12(20)22-9-8-21-10-13(23-5-2-17)16-15(25-7-4-19)14(11-26-16)24-6-3-18/h13-19H,2-11H2,1H3/t13?,14-,15+,16-/m1/s1. The van der Waals surface area contributed by atoms with Crippen LogP contribution in [0.5, 0.6) is 0 Å². The van der Waals surface area contributed by atoms with E-state index in [0.29, 0.717) is 0 Å². The van der Waals surface area contributed by atoms with Crippen LogP contribution in [-0.2, 0) is 33.2 Å². The van der Waals surface area contributed by atoms with Gasteiger partial charge in [0.05, 0.1) is 59.5 Å². The SMILES string of the molecule is CC(=O)OCCOCC(OCCO)[C@H]1OC[C@@H](OCCO)[C@@H]1OCCO. The zero-order valence-corrected chi connectivity index (χ0v) is 15.1. The number of ether oxygens (including phenoxy) is 6. The Morgan fingerprint density at radius 2 is 1.73 bits per heavy atom. The molecule has 10 nitrogen and oxygen atoms in total. The minimum atomic E-state index is -0.550. The van der Waals surface area contributed by atoms with E-state index in [-0.39, 0.29) is 72.0 Å². The minimum absolute atomic E-state index is 0.0900. The molecule has 4 atom stereocenters. The number of aliphatic hydroxyl groups excluding tert-OH is 3. The van der Waals surface area contributed by atoms with E-state index in [1.165, 1.54) is 6.92 Å². The number of carbonyl (C=O) groups excluding carboxylic acids is 1. The zero-order chi connectivity index (χ0) is 19.2. The van der Waals surface area contributed by atoms with Crippen molar-refractivity contribution in [2.75, 3.05) is 66.1 Å². The highest BCUT2D eigenvalue weighted by atomic mass is 16.6. The van der Waals surface area contributed by atoms with Gasteiger partial charge in [0.15, 0.2) is 0 Å². The van der Waals surface area contributed by atoms with Crippen LogP contribution in [0.4, 0.5) is 0 Å². The van der Waals surface area contributed by atoms with Gasteiger partial charge in [0.2, 0.25) is 0 Å². The molecule has 1 heterocycles. The molecule has 0 saturated carbocycles. The van der Waals surface area contributed by atoms with E-state index in [9.17, 15) is 4.79 Å². The van der Waals surface area contributed by atoms with Gasteiger partial charge in [-0.15, -0.1) is 0 Å². The summed E-state index contributed by atoms with van der Waals surface area (Å²) in [4.78, 5) is 10.7. The highest BCUT2D eigenvalue weighted by Crippen LogP contribution is 2.25. The van der Waals surface area contributed by atoms with Crippen molar-refractivity contribution in [1.82, 2.24) is 0 Å². The molecule has 0 aromatic heterocycles. The molecule has 0 spiro atoms. The van der Waals surface area contributed by atoms with Gasteiger partial charge in [-0.1, -0.05) is 0 Å². The number of rotatable bonds is 15. The lowest BCUT2D eigenvalue weighted by Crippen LogP contribution is -2.45. The third-order valence-corrected chi connectivity index (χ3v) is 3.57. The molecule has 0 radical (unpaired) electrons. The average Bonchev–Trinajstić information content (AvgIpc) is 3.02. The molecular formula is C16H30O10. The maximum atomic E-state index is 10.7. The Bertz CT molecular complexity index is 367. The maximum absolute atomic E-state index is 10.7. The Balaban J connectivity index is 2.60. The van der Waals surface area contributed by atoms with Crippen LogP contribution in [0.3, 0.4) is 0 Å². The summed E-state index contributed by atoms with van der Waals surface area (Å²) >= 11 is 0. The zero-order valence-electron chi connectivity index (χ0n) is 15.1. The Morgan fingerprint density at radius 1 is 1.04 bits per heavy atom. The topological polar surface area (TPSA) is 133 Å². The number of hydrogen-bond acceptors (Lipinski definition) is 10. The van der Waals surface area contributed by atoms with E-state index in [2.05, 4.69) is 0 Å². The Morgan fingerprint density at radius 3 is 2.38 bits per heavy atom. The average molecular weight is 382 g/mol. The van der Waals surface area contributed by atoms with Crippen molar-refractivity contribution in [3.05, 3.63) is 0 Å². The third-order valence-electron chi connectivity index (χ3n) is 3.57. The van der Waals surface area contributed by atoms with Gasteiger partial charge >= 0.3 is 5.97 Å². The largest absolute Gasteiger partial charge is 0.463 e. The summed E-state index contributed by atoms with van der Waals surface area (Å²) in [6.07, 6.45) is -2.02. The van der Waals surface area contributed by atoms with E-state index >= 15 is 0 Å². The van der Waals surface area contributed by atoms with Crippen molar-refractivity contribution >= 4 is 5.97 Å². The fraction of sp³-hybridized carbons (Fsp3) is 0.938. The van der Waals surface area contributed by atoms with Crippen molar-refractivity contribution in [3.8, 4) is 0 Å². The molecule has 1 rings (SSSR count). The maximum Gasteiger partial charge on any atom is 0.302 e. The summed E-state index contributed by atoms with van der Waals surface area (Å²) in [6.45, 7) is 1.90. The van der Waals surface area contributed by atoms with Crippen LogP contribution in [0.25, 0.3) is 0 Å². The van der Waals surface area contributed by atoms with Crippen molar-refractivity contribution in [3.63, 3.8) is 0 Å². The molecule has 26 heavy (non-hydrogen) atoms. The van der Waals surface area contributed by atoms with Gasteiger partial charge in [-0.05, 0) is 0 Å². The highest BCUT2D eigenvalue weighted by Gasteiger charge is 2.43. The summed E-state index contributed by atoms with van der Waals surface area (Å²) in [7, 11) is 0. The summed E-state index contributed by atoms with van der Waals surface area (Å²) in [6, 6.07) is 0. The molecule has 0 aromatic carbocycles. The summed E-state index contributed by atoms with van der Waals surface area (Å²) in [5.41, 5.74) is 0. The lowest BCUT2D eigenvalue weighted by atomic mass is 10.1. The van der Waals surface area contributed by atoms with E-state index in [1.807, 2.05) is 0 Å². The van der Waals surface area contributed by atoms with Crippen LogP contribution in [0.2, 0.25) is 0 Å². The molecule has 0 amide bonds. The van der Waals surface area contributed by atoms with Crippen LogP contribution in [0.15, 0.2) is 0 Å². The smallest absolute Gasteiger partial charge is 0.302 e. The molecule has 0 aliphatic carbocycles. The molecule has 0 aromatic rings. The predicted molar refractivity (Wildman–Crippen MR) is 87.7 cm³/mol. The van der Waals surface area contributed by atoms with Gasteiger partial charge in [-0.3, -0.25) is 4.79 Å². The fourth-order valence-corrected chi connectivity index (χ4v) is 2.55. The first-order chi connectivity index (χ1) is 12.6. The normalized spacial score (nSPS) is 23.9. The Hall–Kier alpha value is -0.850. The van der Waals surface area contributed by atoms with Crippen molar-refractivity contribution < 1.29 is 48.5 Å². The van der Waals surface area contributed by atoms with Crippen LogP contribution in [0.1, 0.15) is 6.92 Å². The monoisotopic (exact) mass is 382 g/mol. The number of carbonyl (C=O) groups is 1. The molecule has 154 valence electrons. The number of hydrogen-bond donors (Lipinski definition) is 3. The summed E-state index contributed by atoms with van der Waals surface area (Å²) in [5.74, 6) is -0.387. The predicted octanol–water partition coefficient (Wildman–Crippen LogP) is -1.90. The molecule has 10 heteroatoms. The van der Waals surface area contributed by atoms with Gasteiger partial charge in [0, 0.05) is 6.92 Å². The highest BCUT2D eigenvalue weighted by molar-refractivity contribution is 5.65. The van der Waals surface area contributed by atoms with E-state index < -0.39 is 24.4 Å². The van der Waals surface area contributed by atoms with E-state index in [1.54, 1.807) is 0 Å². The van der Waals surface area contributed by atoms with Crippen LogP contribution in [0, 0.1) is 0 Å². The number of aliphatic hydroxyl groups is 3. The summed E-state index contributed by atoms with van der Waals surface area (Å²) < 4.78 is 32.8. The lowest BCUT2D eigenvalue weighted by Gasteiger charge is -2.29. The molecule has 1 saturated heterocycles. The minimum Gasteiger partial charge on any atom is -0.463 e. The molecular weight excluding hydrogens is 352 g/mol. The van der Waals surface area contributed by atoms with Crippen LogP contribution < -0.4 is 0 Å². The quantitative estimate of drug-likeness (QED) is 0.218. The Kier molecular flexibility index (Phi) is 12.7. The molecule has 1 aliphatic rings. The second kappa shape index (κ2) is 14.2. The van der Waals surface area contributed by atoms with Crippen molar-refractivity contribution in [2.45, 2.75) is 31.3 Å². The molecule has 1 fully saturated rings. The second-order valence-electron chi connectivity index (χ2n) is 5.54. The summed E-state index contributed by atoms with van der Waals surface area (Å²) in [5, 5.41) is 27.0. The second-order valence-corrected chi connectivity index (χ2v) is 5.54. The first-order valence-electron chi connectivity index (χ1n) is 8.64. The van der Waals surface area contributed by atoms with Crippen molar-refractivity contribution in [1.29, 1.82) is 0 Å². The lowest BCUT2D eigenvalue weighted by molar-refractivity contribution is -0.147. The molecule has 3 N–H and O–H groups in total. The molecule has 1 unspecified atom stereocenters. The van der Waals surface area contributed by atoms with Gasteiger partial charge < -0.3 is 43.7 Å². The van der Waals surface area contributed by atoms with E-state index in [0.717, 1.165) is 0 Å². The molecule has 0 bridgehead atoms. The third kappa shape index (κ3) is 8.69. The van der Waals surface area contributed by atoms with Crippen molar-refractivity contribution in [2.24, 2.45) is 0 Å². The van der Waals surface area contributed by atoms with E-state index in [4.69, 9.17) is 43.7 Å².